The zero-order valence-electron chi connectivity index (χ0n) is 25.7. The maximum Gasteiger partial charge on any atom is 0.0355 e. The topological polar surface area (TPSA) is 0 Å². The van der Waals surface area contributed by atoms with Gasteiger partial charge in [-0.25, -0.2) is 0 Å². The second kappa shape index (κ2) is 14.7. The Balaban J connectivity index is 1.47. The third kappa shape index (κ3) is 6.98. The molecule has 0 spiro atoms. The van der Waals surface area contributed by atoms with Crippen molar-refractivity contribution in [3.8, 4) is 10.4 Å². The van der Waals surface area contributed by atoms with E-state index in [-0.39, 0.29) is 0 Å². The smallest absolute Gasteiger partial charge is 0.0355 e. The fourth-order valence-corrected chi connectivity index (χ4v) is 7.07. The van der Waals surface area contributed by atoms with Crippen molar-refractivity contribution >= 4 is 69.1 Å². The lowest BCUT2D eigenvalue weighted by molar-refractivity contribution is 0.797. The predicted octanol–water partition coefficient (Wildman–Crippen LogP) is 11.2. The van der Waals surface area contributed by atoms with Crippen LogP contribution in [0, 0.1) is 0 Å². The van der Waals surface area contributed by atoms with Gasteiger partial charge in [0.25, 0.3) is 0 Å². The molecule has 218 valence electrons. The highest BCUT2D eigenvalue weighted by atomic mass is 32.1. The van der Waals surface area contributed by atoms with Gasteiger partial charge < -0.3 is 0 Å². The molecule has 0 aliphatic carbocycles. The van der Waals surface area contributed by atoms with E-state index < -0.39 is 0 Å². The maximum atomic E-state index is 4.96. The van der Waals surface area contributed by atoms with Gasteiger partial charge in [0, 0.05) is 14.7 Å². The normalized spacial score (nSPS) is 12.9. The quantitative estimate of drug-likeness (QED) is 0.0872. The zero-order chi connectivity index (χ0) is 30.2. The summed E-state index contributed by atoms with van der Waals surface area (Å²) >= 11 is 6.75. The highest BCUT2D eigenvalue weighted by molar-refractivity contribution is 7.90. The molecule has 0 radical (unpaired) electrons. The number of thiol groups is 1. The summed E-state index contributed by atoms with van der Waals surface area (Å²) in [7, 11) is 0. The molecule has 0 amide bonds. The molecule has 0 unspecified atom stereocenters. The van der Waals surface area contributed by atoms with E-state index in [0.29, 0.717) is 0 Å². The molecule has 0 N–H and O–H groups in total. The van der Waals surface area contributed by atoms with Crippen molar-refractivity contribution in [3.63, 3.8) is 0 Å². The van der Waals surface area contributed by atoms with Crippen LogP contribution in [0.15, 0.2) is 97.1 Å². The van der Waals surface area contributed by atoms with E-state index in [2.05, 4.69) is 124 Å². The van der Waals surface area contributed by atoms with Crippen LogP contribution in [0.1, 0.15) is 68.0 Å². The molecule has 0 aliphatic rings. The van der Waals surface area contributed by atoms with E-state index in [4.69, 9.17) is 12.6 Å². The molecular weight excluding hydrogens is 557 g/mol. The molecule has 0 fully saturated rings. The standard InChI is InChI=1S/C41H42S2/c1-5-8-15-30-16-13-22-33(29(30)4)41-27-25-32(43-41)17-14-23-40(42)31-24-26-38-34(18-9-6-2)35-20-11-12-21-36(35)37(19-10-7-3)39(38)28-31/h5,8,11-17,20-28,42H,4,6-7,9-10,18-19H2,1-3H3/b8-5-,17-14+,30-15-,40-23-. The van der Waals surface area contributed by atoms with E-state index in [1.54, 1.807) is 11.3 Å². The van der Waals surface area contributed by atoms with Crippen molar-refractivity contribution in [1.29, 1.82) is 0 Å². The molecule has 0 saturated heterocycles. The Morgan fingerprint density at radius 3 is 2.19 bits per heavy atom. The Bertz CT molecular complexity index is 1930. The molecule has 0 saturated carbocycles. The van der Waals surface area contributed by atoms with E-state index >= 15 is 0 Å². The Kier molecular flexibility index (Phi) is 10.6. The summed E-state index contributed by atoms with van der Waals surface area (Å²) in [6.07, 6.45) is 19.6. The second-order valence-corrected chi connectivity index (χ2v) is 12.7. The van der Waals surface area contributed by atoms with Crippen LogP contribution in [0.3, 0.4) is 0 Å². The van der Waals surface area contributed by atoms with Gasteiger partial charge >= 0.3 is 0 Å². The fraction of sp³-hybridized carbons (Fsp3) is 0.220. The van der Waals surface area contributed by atoms with E-state index in [9.17, 15) is 0 Å². The molecule has 0 aliphatic heterocycles. The monoisotopic (exact) mass is 598 g/mol. The highest BCUT2D eigenvalue weighted by Gasteiger charge is 2.14. The number of allylic oxidation sites excluding steroid dienone is 4. The molecule has 0 bridgehead atoms. The van der Waals surface area contributed by atoms with Crippen LogP contribution >= 0.6 is 24.0 Å². The summed E-state index contributed by atoms with van der Waals surface area (Å²) in [6, 6.07) is 26.8. The van der Waals surface area contributed by atoms with Gasteiger partial charge in [-0.05, 0) is 117 Å². The number of unbranched alkanes of at least 4 members (excludes halogenated alkanes) is 2. The molecule has 4 aromatic carbocycles. The summed E-state index contributed by atoms with van der Waals surface area (Å²) in [5.41, 5.74) is 5.33. The third-order valence-electron chi connectivity index (χ3n) is 8.19. The van der Waals surface area contributed by atoms with Crippen LogP contribution in [-0.2, 0) is 12.8 Å². The molecule has 1 heterocycles. The van der Waals surface area contributed by atoms with Crippen LogP contribution < -0.4 is 10.4 Å². The first-order valence-electron chi connectivity index (χ1n) is 15.6. The first kappa shape index (κ1) is 30.9. The van der Waals surface area contributed by atoms with Gasteiger partial charge in [-0.3, -0.25) is 0 Å². The lowest BCUT2D eigenvalue weighted by Gasteiger charge is -2.18. The highest BCUT2D eigenvalue weighted by Crippen LogP contribution is 2.37. The summed E-state index contributed by atoms with van der Waals surface area (Å²) in [5.74, 6) is 0. The molecule has 0 nitrogen and oxygen atoms in total. The van der Waals surface area contributed by atoms with E-state index in [0.717, 1.165) is 33.7 Å². The Morgan fingerprint density at radius 1 is 0.791 bits per heavy atom. The van der Waals surface area contributed by atoms with E-state index in [1.165, 1.54) is 73.7 Å². The molecule has 2 heteroatoms. The second-order valence-electron chi connectivity index (χ2n) is 11.1. The lowest BCUT2D eigenvalue weighted by atomic mass is 9.87. The van der Waals surface area contributed by atoms with Crippen LogP contribution in [0.4, 0.5) is 0 Å². The molecule has 0 atom stereocenters. The summed E-state index contributed by atoms with van der Waals surface area (Å²) in [4.78, 5) is 3.42. The average Bonchev–Trinajstić information content (AvgIpc) is 3.50. The number of hydrogen-bond acceptors (Lipinski definition) is 2. The molecule has 1 aromatic heterocycles. The van der Waals surface area contributed by atoms with Gasteiger partial charge in [0.2, 0.25) is 0 Å². The number of thiophene rings is 1. The largest absolute Gasteiger partial charge is 0.143 e. The SMILES string of the molecule is C=c1c(-c2ccc(/C=C/C=C(\S)c3ccc4c(CCCC)c5ccccc5c(CCCC)c4c3)s2)ccc/c1=C/C=C\C. The van der Waals surface area contributed by atoms with Crippen LogP contribution in [-0.4, -0.2) is 0 Å². The van der Waals surface area contributed by atoms with Crippen LogP contribution in [0.5, 0.6) is 0 Å². The minimum absolute atomic E-state index is 0.979. The van der Waals surface area contributed by atoms with Crippen molar-refractivity contribution in [2.24, 2.45) is 0 Å². The zero-order valence-corrected chi connectivity index (χ0v) is 27.4. The predicted molar refractivity (Wildman–Crippen MR) is 198 cm³/mol. The Morgan fingerprint density at radius 2 is 1.49 bits per heavy atom. The van der Waals surface area contributed by atoms with Crippen molar-refractivity contribution < 1.29 is 0 Å². The van der Waals surface area contributed by atoms with E-state index in [1.807, 2.05) is 13.0 Å². The number of rotatable bonds is 11. The Hall–Kier alpha value is -3.59. The summed E-state index contributed by atoms with van der Waals surface area (Å²) < 4.78 is 0. The van der Waals surface area contributed by atoms with Gasteiger partial charge in [-0.1, -0.05) is 112 Å². The van der Waals surface area contributed by atoms with Gasteiger partial charge in [0.05, 0.1) is 0 Å². The third-order valence-corrected chi connectivity index (χ3v) is 9.68. The van der Waals surface area contributed by atoms with Crippen molar-refractivity contribution in [2.75, 3.05) is 0 Å². The fourth-order valence-electron chi connectivity index (χ4n) is 5.87. The molecule has 43 heavy (non-hydrogen) atoms. The lowest BCUT2D eigenvalue weighted by Crippen LogP contribution is -2.24. The number of aryl methyl sites for hydroxylation is 2. The number of hydrogen-bond donors (Lipinski definition) is 1. The average molecular weight is 599 g/mol. The first-order chi connectivity index (χ1) is 21.0. The van der Waals surface area contributed by atoms with Crippen molar-refractivity contribution in [1.82, 2.24) is 0 Å². The number of fused-ring (bicyclic) bond motifs is 2. The van der Waals surface area contributed by atoms with Crippen LogP contribution in [0.25, 0.3) is 55.6 Å². The maximum absolute atomic E-state index is 4.96. The molecule has 5 rings (SSSR count). The summed E-state index contributed by atoms with van der Waals surface area (Å²) in [6.45, 7) is 11.0. The van der Waals surface area contributed by atoms with Crippen molar-refractivity contribution in [3.05, 3.63) is 129 Å². The Labute approximate surface area is 266 Å². The minimum Gasteiger partial charge on any atom is -0.143 e. The van der Waals surface area contributed by atoms with Gasteiger partial charge in [-0.15, -0.1) is 24.0 Å². The first-order valence-corrected chi connectivity index (χ1v) is 16.9. The van der Waals surface area contributed by atoms with Gasteiger partial charge in [-0.2, -0.15) is 0 Å². The van der Waals surface area contributed by atoms with Gasteiger partial charge in [0.1, 0.15) is 0 Å². The number of benzene rings is 4. The van der Waals surface area contributed by atoms with Crippen LogP contribution in [0.2, 0.25) is 0 Å². The van der Waals surface area contributed by atoms with Gasteiger partial charge in [0.15, 0.2) is 0 Å². The molecular formula is C41H42S2. The molecule has 5 aromatic rings. The minimum atomic E-state index is 0.979. The van der Waals surface area contributed by atoms with Crippen molar-refractivity contribution in [2.45, 2.75) is 59.3 Å². The summed E-state index contributed by atoms with van der Waals surface area (Å²) in [5, 5.41) is 7.86.